The highest BCUT2D eigenvalue weighted by molar-refractivity contribution is 6.31. The lowest BCUT2D eigenvalue weighted by Crippen LogP contribution is -2.41. The average Bonchev–Trinajstić information content (AvgIpc) is 3.25. The number of hydrogen-bond acceptors (Lipinski definition) is 4. The molecular weight excluding hydrogens is 340 g/mol. The number of fused-ring (bicyclic) bond motifs is 1. The molecule has 3 heterocycles. The van der Waals surface area contributed by atoms with Crippen molar-refractivity contribution in [3.05, 3.63) is 65.0 Å². The van der Waals surface area contributed by atoms with E-state index in [1.807, 2.05) is 48.0 Å². The molecule has 25 heavy (non-hydrogen) atoms. The van der Waals surface area contributed by atoms with E-state index in [9.17, 15) is 4.79 Å². The lowest BCUT2D eigenvalue weighted by molar-refractivity contribution is -0.137. The molecule has 0 saturated carbocycles. The second kappa shape index (κ2) is 6.33. The van der Waals surface area contributed by atoms with Gasteiger partial charge in [0.05, 0.1) is 6.54 Å². The van der Waals surface area contributed by atoms with Crippen LogP contribution in [0.4, 0.5) is 0 Å². The van der Waals surface area contributed by atoms with Crippen molar-refractivity contribution >= 4 is 17.5 Å². The molecule has 0 N–H and O–H groups in total. The summed E-state index contributed by atoms with van der Waals surface area (Å²) in [4.78, 5) is 14.6. The molecule has 4 rings (SSSR count). The van der Waals surface area contributed by atoms with Gasteiger partial charge in [-0.1, -0.05) is 29.8 Å². The molecule has 3 aromatic rings. The molecule has 128 valence electrons. The molecule has 8 heteroatoms. The third-order valence-electron chi connectivity index (χ3n) is 4.41. The van der Waals surface area contributed by atoms with Gasteiger partial charge in [-0.15, -0.1) is 10.2 Å². The molecule has 0 radical (unpaired) electrons. The summed E-state index contributed by atoms with van der Waals surface area (Å²) >= 11 is 6.23. The van der Waals surface area contributed by atoms with Gasteiger partial charge in [-0.25, -0.2) is 0 Å². The topological polar surface area (TPSA) is 68.8 Å². The number of rotatable bonds is 4. The van der Waals surface area contributed by atoms with Crippen LogP contribution in [-0.4, -0.2) is 35.4 Å². The van der Waals surface area contributed by atoms with Gasteiger partial charge < -0.3 is 4.90 Å². The molecule has 1 aliphatic rings. The zero-order valence-corrected chi connectivity index (χ0v) is 14.5. The van der Waals surface area contributed by atoms with Gasteiger partial charge >= 0.3 is 0 Å². The Morgan fingerprint density at radius 3 is 2.80 bits per heavy atom. The Kier molecular flexibility index (Phi) is 4.01. The molecule has 0 unspecified atom stereocenters. The largest absolute Gasteiger partial charge is 0.329 e. The summed E-state index contributed by atoms with van der Waals surface area (Å²) in [6.45, 7) is 3.24. The summed E-state index contributed by atoms with van der Waals surface area (Å²) in [5, 5.41) is 13.4. The third-order valence-corrected chi connectivity index (χ3v) is 4.78. The Morgan fingerprint density at radius 2 is 2.04 bits per heavy atom. The van der Waals surface area contributed by atoms with Crippen molar-refractivity contribution in [2.24, 2.45) is 0 Å². The van der Waals surface area contributed by atoms with Gasteiger partial charge in [0, 0.05) is 24.0 Å². The Bertz CT molecular complexity index is 904. The zero-order chi connectivity index (χ0) is 17.4. The van der Waals surface area contributed by atoms with Crippen LogP contribution in [0.15, 0.2) is 42.7 Å². The van der Waals surface area contributed by atoms with Gasteiger partial charge in [0.2, 0.25) is 5.91 Å². The molecule has 1 aromatic carbocycles. The molecule has 1 atom stereocenters. The first-order valence-electron chi connectivity index (χ1n) is 8.06. The molecule has 1 amide bonds. The van der Waals surface area contributed by atoms with Crippen LogP contribution >= 0.6 is 11.6 Å². The van der Waals surface area contributed by atoms with Crippen LogP contribution in [0.5, 0.6) is 0 Å². The van der Waals surface area contributed by atoms with Gasteiger partial charge in [-0.2, -0.15) is 5.10 Å². The summed E-state index contributed by atoms with van der Waals surface area (Å²) < 4.78 is 3.68. The van der Waals surface area contributed by atoms with Crippen LogP contribution in [0.3, 0.4) is 0 Å². The average molecular weight is 357 g/mol. The highest BCUT2D eigenvalue weighted by Gasteiger charge is 2.33. The number of halogens is 1. The maximum atomic E-state index is 12.8. The quantitative estimate of drug-likeness (QED) is 0.719. The van der Waals surface area contributed by atoms with Gasteiger partial charge in [0.15, 0.2) is 11.6 Å². The van der Waals surface area contributed by atoms with Gasteiger partial charge in [-0.3, -0.25) is 14.0 Å². The van der Waals surface area contributed by atoms with Gasteiger partial charge in [0.25, 0.3) is 0 Å². The summed E-state index contributed by atoms with van der Waals surface area (Å²) in [6, 6.07) is 9.07. The first-order valence-corrected chi connectivity index (χ1v) is 8.43. The maximum absolute atomic E-state index is 12.8. The predicted molar refractivity (Wildman–Crippen MR) is 91.8 cm³/mol. The minimum absolute atomic E-state index is 0.0361. The zero-order valence-electron chi connectivity index (χ0n) is 13.7. The van der Waals surface area contributed by atoms with Crippen molar-refractivity contribution in [1.29, 1.82) is 0 Å². The molecule has 0 aliphatic carbocycles. The van der Waals surface area contributed by atoms with E-state index in [2.05, 4.69) is 15.3 Å². The number of carbonyl (C=O) groups is 1. The fourth-order valence-corrected chi connectivity index (χ4v) is 3.35. The van der Waals surface area contributed by atoms with E-state index < -0.39 is 0 Å². The first kappa shape index (κ1) is 15.8. The number of hydrogen-bond donors (Lipinski definition) is 0. The van der Waals surface area contributed by atoms with Crippen molar-refractivity contribution in [1.82, 2.24) is 29.4 Å². The number of nitrogens with zero attached hydrogens (tertiary/aromatic N) is 6. The van der Waals surface area contributed by atoms with Crippen LogP contribution in [0.2, 0.25) is 5.02 Å². The second-order valence-electron chi connectivity index (χ2n) is 6.07. The smallest absolute Gasteiger partial charge is 0.246 e. The van der Waals surface area contributed by atoms with Gasteiger partial charge in [0.1, 0.15) is 12.6 Å². The predicted octanol–water partition coefficient (Wildman–Crippen LogP) is 2.28. The Balaban J connectivity index is 1.60. The van der Waals surface area contributed by atoms with E-state index in [1.54, 1.807) is 15.8 Å². The minimum Gasteiger partial charge on any atom is -0.329 e. The number of amides is 1. The van der Waals surface area contributed by atoms with E-state index in [0.29, 0.717) is 24.7 Å². The van der Waals surface area contributed by atoms with Crippen molar-refractivity contribution < 1.29 is 4.79 Å². The molecule has 1 aliphatic heterocycles. The van der Waals surface area contributed by atoms with E-state index in [-0.39, 0.29) is 11.9 Å². The number of aromatic nitrogens is 5. The Morgan fingerprint density at radius 1 is 1.20 bits per heavy atom. The Hall–Kier alpha value is -2.67. The molecule has 7 nitrogen and oxygen atoms in total. The van der Waals surface area contributed by atoms with Crippen LogP contribution in [0.1, 0.15) is 30.2 Å². The lowest BCUT2D eigenvalue weighted by Gasteiger charge is -2.32. The molecule has 0 fully saturated rings. The molecule has 0 bridgehead atoms. The molecular formula is C17H17ClN6O. The fourth-order valence-electron chi connectivity index (χ4n) is 3.15. The summed E-state index contributed by atoms with van der Waals surface area (Å²) in [5.74, 6) is 1.55. The summed E-state index contributed by atoms with van der Waals surface area (Å²) in [6.07, 6.45) is 3.58. The lowest BCUT2D eigenvalue weighted by atomic mass is 10.1. The minimum atomic E-state index is -0.355. The standard InChI is InChI=1S/C17H17ClN6O/c1-12-17(25)22(9-13-5-2-3-6-14(13)18)10-15-20-21-16(24(12)15)11-23-8-4-7-19-23/h2-8,12H,9-11H2,1H3/t12-/m0/s1. The maximum Gasteiger partial charge on any atom is 0.246 e. The van der Waals surface area contributed by atoms with Crippen LogP contribution < -0.4 is 0 Å². The van der Waals surface area contributed by atoms with E-state index >= 15 is 0 Å². The van der Waals surface area contributed by atoms with E-state index in [0.717, 1.165) is 17.2 Å². The van der Waals surface area contributed by atoms with Crippen molar-refractivity contribution in [2.45, 2.75) is 32.6 Å². The van der Waals surface area contributed by atoms with Crippen LogP contribution in [0, 0.1) is 0 Å². The van der Waals surface area contributed by atoms with E-state index in [1.165, 1.54) is 0 Å². The molecule has 2 aromatic heterocycles. The molecule has 0 spiro atoms. The third kappa shape index (κ3) is 2.91. The normalized spacial score (nSPS) is 17.0. The van der Waals surface area contributed by atoms with Crippen molar-refractivity contribution in [2.75, 3.05) is 0 Å². The highest BCUT2D eigenvalue weighted by Crippen LogP contribution is 2.26. The van der Waals surface area contributed by atoms with Crippen LogP contribution in [-0.2, 0) is 24.4 Å². The summed E-state index contributed by atoms with van der Waals surface area (Å²) in [5.41, 5.74) is 0.925. The fraction of sp³-hybridized carbons (Fsp3) is 0.294. The second-order valence-corrected chi connectivity index (χ2v) is 6.47. The SMILES string of the molecule is C[C@H]1C(=O)N(Cc2ccccc2Cl)Cc2nnc(Cn3cccn3)n21. The summed E-state index contributed by atoms with van der Waals surface area (Å²) in [7, 11) is 0. The monoisotopic (exact) mass is 356 g/mol. The molecule has 0 saturated heterocycles. The first-order chi connectivity index (χ1) is 12.1. The highest BCUT2D eigenvalue weighted by atomic mass is 35.5. The Labute approximate surface area is 149 Å². The van der Waals surface area contributed by atoms with Crippen LogP contribution in [0.25, 0.3) is 0 Å². The van der Waals surface area contributed by atoms with Crippen molar-refractivity contribution in [3.63, 3.8) is 0 Å². The van der Waals surface area contributed by atoms with Crippen molar-refractivity contribution in [3.8, 4) is 0 Å². The number of carbonyl (C=O) groups excluding carboxylic acids is 1. The van der Waals surface area contributed by atoms with Gasteiger partial charge in [-0.05, 0) is 24.6 Å². The van der Waals surface area contributed by atoms with E-state index in [4.69, 9.17) is 11.6 Å². The number of benzene rings is 1.